The van der Waals surface area contributed by atoms with Gasteiger partial charge in [-0.1, -0.05) is 6.07 Å². The number of hydrogen-bond acceptors (Lipinski definition) is 4. The number of aryl methyl sites for hydroxylation is 2. The Labute approximate surface area is 121 Å². The van der Waals surface area contributed by atoms with Crippen LogP contribution in [0.4, 0.5) is 11.4 Å². The molecule has 0 heterocycles. The van der Waals surface area contributed by atoms with Gasteiger partial charge in [0, 0.05) is 23.4 Å². The molecule has 2 N–H and O–H groups in total. The predicted molar refractivity (Wildman–Crippen MR) is 78.6 cm³/mol. The van der Waals surface area contributed by atoms with E-state index < -0.39 is 10.8 Å². The van der Waals surface area contributed by atoms with Crippen molar-refractivity contribution in [1.82, 2.24) is 0 Å². The Kier molecular flexibility index (Phi) is 3.89. The molecule has 2 aromatic rings. The molecule has 2 aromatic carbocycles. The molecule has 1 amide bonds. The smallest absolute Gasteiger partial charge is 0.270 e. The number of nitrogens with one attached hydrogen (secondary N) is 1. The summed E-state index contributed by atoms with van der Waals surface area (Å²) in [7, 11) is 0. The first kappa shape index (κ1) is 14.5. The summed E-state index contributed by atoms with van der Waals surface area (Å²) in [4.78, 5) is 22.4. The maximum atomic E-state index is 12.2. The highest BCUT2D eigenvalue weighted by Crippen LogP contribution is 2.26. The van der Waals surface area contributed by atoms with Crippen LogP contribution in [0.5, 0.6) is 5.75 Å². The van der Waals surface area contributed by atoms with E-state index >= 15 is 0 Å². The summed E-state index contributed by atoms with van der Waals surface area (Å²) in [6.07, 6.45) is 0. The molecule has 0 bridgehead atoms. The van der Waals surface area contributed by atoms with Crippen LogP contribution in [0.15, 0.2) is 36.4 Å². The SMILES string of the molecule is Cc1cc(O)cc(C)c1NC(=O)c1cccc([N+](=O)[O-])c1. The minimum absolute atomic E-state index is 0.123. The maximum Gasteiger partial charge on any atom is 0.270 e. The molecule has 0 atom stereocenters. The van der Waals surface area contributed by atoms with E-state index in [1.807, 2.05) is 0 Å². The van der Waals surface area contributed by atoms with Crippen LogP contribution < -0.4 is 5.32 Å². The maximum absolute atomic E-state index is 12.2. The van der Waals surface area contributed by atoms with Crippen molar-refractivity contribution in [1.29, 1.82) is 0 Å². The topological polar surface area (TPSA) is 92.5 Å². The summed E-state index contributed by atoms with van der Waals surface area (Å²) in [5.74, 6) is -0.311. The van der Waals surface area contributed by atoms with Gasteiger partial charge in [0.1, 0.15) is 5.75 Å². The number of hydrogen-bond donors (Lipinski definition) is 2. The van der Waals surface area contributed by atoms with Crippen LogP contribution >= 0.6 is 0 Å². The molecule has 6 nitrogen and oxygen atoms in total. The molecule has 108 valence electrons. The lowest BCUT2D eigenvalue weighted by molar-refractivity contribution is -0.384. The van der Waals surface area contributed by atoms with Gasteiger partial charge in [-0.15, -0.1) is 0 Å². The molecule has 0 aromatic heterocycles. The van der Waals surface area contributed by atoms with Crippen LogP contribution in [0, 0.1) is 24.0 Å². The van der Waals surface area contributed by atoms with Gasteiger partial charge in [-0.05, 0) is 43.2 Å². The standard InChI is InChI=1S/C15H14N2O4/c1-9-6-13(18)7-10(2)14(9)16-15(19)11-4-3-5-12(8-11)17(20)21/h3-8,18H,1-2H3,(H,16,19). The van der Waals surface area contributed by atoms with E-state index in [9.17, 15) is 20.0 Å². The van der Waals surface area contributed by atoms with E-state index in [0.29, 0.717) is 16.8 Å². The fourth-order valence-electron chi connectivity index (χ4n) is 2.08. The molecule has 0 saturated carbocycles. The number of phenols is 1. The molecule has 0 unspecified atom stereocenters. The Morgan fingerprint density at radius 1 is 1.19 bits per heavy atom. The number of benzene rings is 2. The number of nitro benzene ring substituents is 1. The minimum atomic E-state index is -0.548. The van der Waals surface area contributed by atoms with Crippen molar-refractivity contribution >= 4 is 17.3 Å². The molecule has 21 heavy (non-hydrogen) atoms. The molecule has 0 spiro atoms. The van der Waals surface area contributed by atoms with Crippen molar-refractivity contribution in [3.8, 4) is 5.75 Å². The Bertz CT molecular complexity index is 702. The molecule has 0 aliphatic carbocycles. The number of amides is 1. The van der Waals surface area contributed by atoms with Crippen LogP contribution in [-0.2, 0) is 0 Å². The Morgan fingerprint density at radius 3 is 2.38 bits per heavy atom. The van der Waals surface area contributed by atoms with E-state index in [2.05, 4.69) is 5.32 Å². The first-order valence-corrected chi connectivity index (χ1v) is 6.24. The zero-order chi connectivity index (χ0) is 15.6. The van der Waals surface area contributed by atoms with Crippen molar-refractivity contribution in [3.63, 3.8) is 0 Å². The molecular formula is C15H14N2O4. The number of non-ortho nitro benzene ring substituents is 1. The zero-order valence-corrected chi connectivity index (χ0v) is 11.6. The summed E-state index contributed by atoms with van der Waals surface area (Å²) < 4.78 is 0. The summed E-state index contributed by atoms with van der Waals surface area (Å²) in [5, 5.41) is 22.9. The normalized spacial score (nSPS) is 10.2. The highest BCUT2D eigenvalue weighted by molar-refractivity contribution is 6.05. The van der Waals surface area contributed by atoms with Crippen molar-refractivity contribution in [2.75, 3.05) is 5.32 Å². The first-order valence-electron chi connectivity index (χ1n) is 6.24. The van der Waals surface area contributed by atoms with Crippen molar-refractivity contribution in [2.24, 2.45) is 0 Å². The van der Waals surface area contributed by atoms with Gasteiger partial charge in [-0.2, -0.15) is 0 Å². The third kappa shape index (κ3) is 3.17. The summed E-state index contributed by atoms with van der Waals surface area (Å²) in [6.45, 7) is 3.52. The van der Waals surface area contributed by atoms with E-state index in [4.69, 9.17) is 0 Å². The first-order chi connectivity index (χ1) is 9.88. The molecule has 0 radical (unpaired) electrons. The van der Waals surface area contributed by atoms with Gasteiger partial charge in [0.2, 0.25) is 0 Å². The second kappa shape index (κ2) is 5.62. The lowest BCUT2D eigenvalue weighted by Gasteiger charge is -2.12. The van der Waals surface area contributed by atoms with Crippen molar-refractivity contribution in [2.45, 2.75) is 13.8 Å². The average molecular weight is 286 g/mol. The van der Waals surface area contributed by atoms with Gasteiger partial charge in [0.05, 0.1) is 4.92 Å². The van der Waals surface area contributed by atoms with Gasteiger partial charge in [0.15, 0.2) is 0 Å². The van der Waals surface area contributed by atoms with Crippen molar-refractivity contribution in [3.05, 3.63) is 63.2 Å². The quantitative estimate of drug-likeness (QED) is 0.515. The fourth-order valence-corrected chi connectivity index (χ4v) is 2.08. The van der Waals surface area contributed by atoms with Crippen LogP contribution in [0.1, 0.15) is 21.5 Å². The van der Waals surface area contributed by atoms with Crippen LogP contribution in [0.2, 0.25) is 0 Å². The van der Waals surface area contributed by atoms with E-state index in [-0.39, 0.29) is 17.0 Å². The molecule has 0 fully saturated rings. The minimum Gasteiger partial charge on any atom is -0.508 e. The Morgan fingerprint density at radius 2 is 1.81 bits per heavy atom. The van der Waals surface area contributed by atoms with Crippen LogP contribution in [-0.4, -0.2) is 15.9 Å². The number of nitro groups is 1. The molecule has 0 saturated heterocycles. The van der Waals surface area contributed by atoms with Gasteiger partial charge >= 0.3 is 0 Å². The highest BCUT2D eigenvalue weighted by Gasteiger charge is 2.14. The van der Waals surface area contributed by atoms with Crippen molar-refractivity contribution < 1.29 is 14.8 Å². The largest absolute Gasteiger partial charge is 0.508 e. The summed E-state index contributed by atoms with van der Waals surface area (Å²) in [6, 6.07) is 8.59. The predicted octanol–water partition coefficient (Wildman–Crippen LogP) is 3.17. The third-order valence-corrected chi connectivity index (χ3v) is 3.08. The van der Waals surface area contributed by atoms with Crippen LogP contribution in [0.25, 0.3) is 0 Å². The fraction of sp³-hybridized carbons (Fsp3) is 0.133. The zero-order valence-electron chi connectivity index (χ0n) is 11.6. The lowest BCUT2D eigenvalue weighted by atomic mass is 10.1. The number of rotatable bonds is 3. The Hall–Kier alpha value is -2.89. The second-order valence-electron chi connectivity index (χ2n) is 4.72. The number of phenolic OH excluding ortho intramolecular Hbond substituents is 1. The molecule has 0 aliphatic heterocycles. The average Bonchev–Trinajstić information content (AvgIpc) is 2.42. The number of aromatic hydroxyl groups is 1. The van der Waals surface area contributed by atoms with Gasteiger partial charge in [-0.25, -0.2) is 0 Å². The van der Waals surface area contributed by atoms with E-state index in [0.717, 1.165) is 0 Å². The second-order valence-corrected chi connectivity index (χ2v) is 4.72. The third-order valence-electron chi connectivity index (χ3n) is 3.08. The van der Waals surface area contributed by atoms with Crippen LogP contribution in [0.3, 0.4) is 0 Å². The number of carbonyl (C=O) groups is 1. The molecule has 2 rings (SSSR count). The molecule has 0 aliphatic rings. The van der Waals surface area contributed by atoms with Gasteiger partial charge in [-0.3, -0.25) is 14.9 Å². The monoisotopic (exact) mass is 286 g/mol. The van der Waals surface area contributed by atoms with Gasteiger partial charge in [0.25, 0.3) is 11.6 Å². The summed E-state index contributed by atoms with van der Waals surface area (Å²) >= 11 is 0. The molecule has 6 heteroatoms. The molecular weight excluding hydrogens is 272 g/mol. The number of anilines is 1. The summed E-state index contributed by atoms with van der Waals surface area (Å²) in [5.41, 5.74) is 2.08. The number of nitrogens with zero attached hydrogens (tertiary/aromatic N) is 1. The lowest BCUT2D eigenvalue weighted by Crippen LogP contribution is -2.14. The van der Waals surface area contributed by atoms with E-state index in [1.165, 1.54) is 36.4 Å². The Balaban J connectivity index is 2.30. The van der Waals surface area contributed by atoms with E-state index in [1.54, 1.807) is 13.8 Å². The highest BCUT2D eigenvalue weighted by atomic mass is 16.6. The number of carbonyl (C=O) groups excluding carboxylic acids is 1. The van der Waals surface area contributed by atoms with Gasteiger partial charge < -0.3 is 10.4 Å².